The number of nitrogens with zero attached hydrogens (tertiary/aromatic N) is 3. The number of hydrogen-bond donors (Lipinski definition) is 2. The molecule has 0 atom stereocenters. The molecule has 2 aromatic carbocycles. The number of benzene rings is 2. The fourth-order valence-electron chi connectivity index (χ4n) is 5.21. The fraction of sp³-hybridized carbons (Fsp3) is 0.469. The molecule has 0 spiro atoms. The van der Waals surface area contributed by atoms with Crippen LogP contribution in [0.5, 0.6) is 5.75 Å². The lowest BCUT2D eigenvalue weighted by molar-refractivity contribution is -0.137. The SMILES string of the molecule is Nc1cccc(-n2c(SC3CCC3)nc3c(c2=O)CN(C(=O)CCNCCCCCOc2ccc(C(F)(F)F)cc2)CC3)c1. The molecule has 236 valence electrons. The van der Waals surface area contributed by atoms with Gasteiger partial charge in [0, 0.05) is 36.9 Å². The van der Waals surface area contributed by atoms with Crippen molar-refractivity contribution in [3.05, 3.63) is 75.7 Å². The summed E-state index contributed by atoms with van der Waals surface area (Å²) < 4.78 is 45.1. The van der Waals surface area contributed by atoms with E-state index in [1.165, 1.54) is 18.6 Å². The first-order chi connectivity index (χ1) is 21.2. The van der Waals surface area contributed by atoms with Crippen molar-refractivity contribution in [3.63, 3.8) is 0 Å². The van der Waals surface area contributed by atoms with Crippen molar-refractivity contribution in [2.45, 2.75) is 74.5 Å². The zero-order chi connectivity index (χ0) is 31.1. The van der Waals surface area contributed by atoms with Gasteiger partial charge < -0.3 is 20.7 Å². The van der Waals surface area contributed by atoms with Crippen LogP contribution in [0.2, 0.25) is 0 Å². The largest absolute Gasteiger partial charge is 0.494 e. The summed E-state index contributed by atoms with van der Waals surface area (Å²) in [6, 6.07) is 12.0. The average molecular weight is 630 g/mol. The number of halogens is 3. The van der Waals surface area contributed by atoms with Gasteiger partial charge in [-0.05, 0) is 81.1 Å². The van der Waals surface area contributed by atoms with Crippen LogP contribution in [-0.2, 0) is 23.9 Å². The van der Waals surface area contributed by atoms with E-state index in [2.05, 4.69) is 5.32 Å². The Hall–Kier alpha value is -3.51. The number of carbonyl (C=O) groups is 1. The first-order valence-corrected chi connectivity index (χ1v) is 16.0. The van der Waals surface area contributed by atoms with E-state index in [9.17, 15) is 22.8 Å². The fourth-order valence-corrected chi connectivity index (χ4v) is 6.54. The molecule has 0 saturated heterocycles. The topological polar surface area (TPSA) is 102 Å². The van der Waals surface area contributed by atoms with Gasteiger partial charge in [0.1, 0.15) is 5.75 Å². The standard InChI is InChI=1S/C32H38F3N5O3S/c33-32(34,35)22-10-12-25(13-11-22)43-19-3-1-2-16-37-17-14-29(41)39-18-15-28-27(21-39)30(42)40(24-7-4-6-23(36)20-24)31(38-28)44-26-8-5-9-26/h4,6-7,10-13,20,26,37H,1-3,5,8-9,14-19,21,36H2. The molecule has 3 aromatic rings. The summed E-state index contributed by atoms with van der Waals surface area (Å²) in [5.41, 5.74) is 7.80. The lowest BCUT2D eigenvalue weighted by Gasteiger charge is -2.30. The number of aromatic nitrogens is 2. The molecular formula is C32H38F3N5O3S. The molecule has 1 amide bonds. The van der Waals surface area contributed by atoms with Crippen molar-refractivity contribution in [2.75, 3.05) is 32.0 Å². The van der Waals surface area contributed by atoms with Gasteiger partial charge in [-0.15, -0.1) is 0 Å². The Bertz CT molecular complexity index is 1490. The minimum Gasteiger partial charge on any atom is -0.494 e. The van der Waals surface area contributed by atoms with Gasteiger partial charge in [0.15, 0.2) is 5.16 Å². The molecule has 1 fully saturated rings. The second-order valence-corrected chi connectivity index (χ2v) is 12.5. The van der Waals surface area contributed by atoms with E-state index in [1.807, 2.05) is 12.1 Å². The summed E-state index contributed by atoms with van der Waals surface area (Å²) in [5, 5.41) is 4.45. The van der Waals surface area contributed by atoms with Crippen molar-refractivity contribution in [1.29, 1.82) is 0 Å². The quantitative estimate of drug-likeness (QED) is 0.144. The van der Waals surface area contributed by atoms with Crippen molar-refractivity contribution < 1.29 is 22.7 Å². The van der Waals surface area contributed by atoms with Gasteiger partial charge in [-0.25, -0.2) is 4.98 Å². The Morgan fingerprint density at radius 1 is 1.09 bits per heavy atom. The zero-order valence-corrected chi connectivity index (χ0v) is 25.4. The Labute approximate surface area is 259 Å². The van der Waals surface area contributed by atoms with Crippen molar-refractivity contribution in [3.8, 4) is 11.4 Å². The van der Waals surface area contributed by atoms with Crippen LogP contribution in [0.1, 0.15) is 61.8 Å². The number of ether oxygens (including phenoxy) is 1. The maximum atomic E-state index is 13.8. The molecular weight excluding hydrogens is 591 g/mol. The molecule has 0 radical (unpaired) electrons. The summed E-state index contributed by atoms with van der Waals surface area (Å²) in [7, 11) is 0. The second-order valence-electron chi connectivity index (χ2n) is 11.2. The second kappa shape index (κ2) is 14.5. The predicted octanol–water partition coefficient (Wildman–Crippen LogP) is 5.59. The molecule has 2 heterocycles. The van der Waals surface area contributed by atoms with Crippen LogP contribution in [0.4, 0.5) is 18.9 Å². The van der Waals surface area contributed by atoms with E-state index in [0.29, 0.717) is 65.6 Å². The van der Waals surface area contributed by atoms with Crippen LogP contribution in [-0.4, -0.2) is 51.8 Å². The molecule has 2 aliphatic rings. The van der Waals surface area contributed by atoms with Crippen LogP contribution in [0.25, 0.3) is 5.69 Å². The monoisotopic (exact) mass is 629 g/mol. The van der Waals surface area contributed by atoms with Gasteiger partial charge in [0.25, 0.3) is 5.56 Å². The Morgan fingerprint density at radius 2 is 1.89 bits per heavy atom. The van der Waals surface area contributed by atoms with E-state index < -0.39 is 11.7 Å². The predicted molar refractivity (Wildman–Crippen MR) is 165 cm³/mol. The van der Waals surface area contributed by atoms with Crippen LogP contribution in [0, 0.1) is 0 Å². The van der Waals surface area contributed by atoms with Gasteiger partial charge in [-0.3, -0.25) is 14.2 Å². The first-order valence-electron chi connectivity index (χ1n) is 15.1. The number of hydrogen-bond acceptors (Lipinski definition) is 7. The molecule has 0 bridgehead atoms. The minimum absolute atomic E-state index is 0.00378. The number of amides is 1. The molecule has 0 unspecified atom stereocenters. The summed E-state index contributed by atoms with van der Waals surface area (Å²) in [5.74, 6) is 0.415. The lowest BCUT2D eigenvalue weighted by Crippen LogP contribution is -2.42. The van der Waals surface area contributed by atoms with E-state index in [-0.39, 0.29) is 18.0 Å². The number of rotatable bonds is 13. The number of unbranched alkanes of at least 4 members (excludes halogenated alkanes) is 2. The summed E-state index contributed by atoms with van der Waals surface area (Å²) in [6.45, 7) is 2.48. The highest BCUT2D eigenvalue weighted by atomic mass is 32.2. The zero-order valence-electron chi connectivity index (χ0n) is 24.6. The third-order valence-corrected chi connectivity index (χ3v) is 9.26. The lowest BCUT2D eigenvalue weighted by atomic mass is 10.0. The molecule has 1 aliphatic carbocycles. The number of anilines is 1. The molecule has 12 heteroatoms. The Kier molecular flexibility index (Phi) is 10.5. The molecule has 8 nitrogen and oxygen atoms in total. The minimum atomic E-state index is -4.35. The third kappa shape index (κ3) is 8.15. The maximum absolute atomic E-state index is 13.8. The molecule has 44 heavy (non-hydrogen) atoms. The van der Waals surface area contributed by atoms with E-state index in [4.69, 9.17) is 15.5 Å². The van der Waals surface area contributed by atoms with E-state index >= 15 is 0 Å². The van der Waals surface area contributed by atoms with Gasteiger partial charge in [-0.1, -0.05) is 24.2 Å². The number of thioether (sulfide) groups is 1. The molecule has 1 saturated carbocycles. The normalized spacial score (nSPS) is 15.1. The molecule has 3 N–H and O–H groups in total. The van der Waals surface area contributed by atoms with Crippen LogP contribution in [0.15, 0.2) is 58.5 Å². The number of alkyl halides is 3. The third-order valence-electron chi connectivity index (χ3n) is 7.97. The summed E-state index contributed by atoms with van der Waals surface area (Å²) >= 11 is 1.65. The Morgan fingerprint density at radius 3 is 2.59 bits per heavy atom. The smallest absolute Gasteiger partial charge is 0.416 e. The molecule has 1 aliphatic heterocycles. The maximum Gasteiger partial charge on any atom is 0.416 e. The number of nitrogen functional groups attached to an aromatic ring is 1. The first kappa shape index (κ1) is 31.9. The molecule has 1 aromatic heterocycles. The Balaban J connectivity index is 1.06. The summed E-state index contributed by atoms with van der Waals surface area (Å²) in [4.78, 5) is 33.5. The van der Waals surface area contributed by atoms with Crippen LogP contribution < -0.4 is 21.3 Å². The molecule has 5 rings (SSSR count). The number of carbonyl (C=O) groups excluding carboxylic acids is 1. The van der Waals surface area contributed by atoms with Crippen molar-refractivity contribution in [1.82, 2.24) is 19.8 Å². The van der Waals surface area contributed by atoms with Gasteiger partial charge in [-0.2, -0.15) is 13.2 Å². The number of nitrogens with one attached hydrogen (secondary N) is 1. The number of nitrogens with two attached hydrogens (primary N) is 1. The van der Waals surface area contributed by atoms with Crippen molar-refractivity contribution >= 4 is 23.4 Å². The number of fused-ring (bicyclic) bond motifs is 1. The highest BCUT2D eigenvalue weighted by Crippen LogP contribution is 2.36. The van der Waals surface area contributed by atoms with Crippen molar-refractivity contribution in [2.24, 2.45) is 0 Å². The van der Waals surface area contributed by atoms with Gasteiger partial charge in [0.05, 0.1) is 35.7 Å². The summed E-state index contributed by atoms with van der Waals surface area (Å²) in [6.07, 6.45) is 2.50. The van der Waals surface area contributed by atoms with Gasteiger partial charge in [0.2, 0.25) is 5.91 Å². The van der Waals surface area contributed by atoms with E-state index in [1.54, 1.807) is 33.4 Å². The highest BCUT2D eigenvalue weighted by Gasteiger charge is 2.30. The average Bonchev–Trinajstić information content (AvgIpc) is 2.97. The van der Waals surface area contributed by atoms with Gasteiger partial charge >= 0.3 is 6.18 Å². The van der Waals surface area contributed by atoms with Crippen LogP contribution in [0.3, 0.4) is 0 Å². The highest BCUT2D eigenvalue weighted by molar-refractivity contribution is 7.99. The van der Waals surface area contributed by atoms with Crippen LogP contribution >= 0.6 is 11.8 Å². The van der Waals surface area contributed by atoms with E-state index in [0.717, 1.165) is 56.5 Å².